The Morgan fingerprint density at radius 3 is 2.94 bits per heavy atom. The van der Waals surface area contributed by atoms with Crippen LogP contribution in [0.2, 0.25) is 0 Å². The van der Waals surface area contributed by atoms with Crippen molar-refractivity contribution >= 4 is 10.9 Å². The van der Waals surface area contributed by atoms with Crippen molar-refractivity contribution in [3.63, 3.8) is 0 Å². The van der Waals surface area contributed by atoms with Crippen molar-refractivity contribution in [2.24, 2.45) is 0 Å². The number of aromatic amines is 1. The molecule has 96 valence electrons. The lowest BCUT2D eigenvalue weighted by molar-refractivity contribution is 0.395. The number of aromatic nitrogens is 1. The normalized spacial score (nSPS) is 20.4. The van der Waals surface area contributed by atoms with Crippen molar-refractivity contribution in [3.8, 4) is 0 Å². The van der Waals surface area contributed by atoms with Crippen molar-refractivity contribution in [3.05, 3.63) is 35.3 Å². The van der Waals surface area contributed by atoms with E-state index in [0.717, 1.165) is 41.5 Å². The maximum atomic E-state index is 14.0. The third-order valence-corrected chi connectivity index (χ3v) is 3.80. The van der Waals surface area contributed by atoms with Crippen LogP contribution in [0.5, 0.6) is 0 Å². The predicted octanol–water partition coefficient (Wildman–Crippen LogP) is 3.30. The number of aryl methyl sites for hydroxylation is 1. The number of benzene rings is 1. The highest BCUT2D eigenvalue weighted by molar-refractivity contribution is 5.81. The Morgan fingerprint density at radius 1 is 1.28 bits per heavy atom. The van der Waals surface area contributed by atoms with E-state index in [1.807, 2.05) is 19.1 Å². The van der Waals surface area contributed by atoms with Crippen LogP contribution in [-0.4, -0.2) is 17.6 Å². The summed E-state index contributed by atoms with van der Waals surface area (Å²) in [4.78, 5) is 3.28. The van der Waals surface area contributed by atoms with E-state index in [4.69, 9.17) is 0 Å². The Balaban J connectivity index is 1.88. The van der Waals surface area contributed by atoms with Gasteiger partial charge in [0.25, 0.3) is 0 Å². The number of H-pyrrole nitrogens is 1. The van der Waals surface area contributed by atoms with E-state index >= 15 is 0 Å². The lowest BCUT2D eigenvalue weighted by atomic mass is 9.97. The van der Waals surface area contributed by atoms with Gasteiger partial charge in [-0.25, -0.2) is 4.39 Å². The Labute approximate surface area is 107 Å². The van der Waals surface area contributed by atoms with Gasteiger partial charge in [-0.3, -0.25) is 0 Å². The Morgan fingerprint density at radius 2 is 2.17 bits per heavy atom. The number of hydrogen-bond acceptors (Lipinski definition) is 1. The first kappa shape index (κ1) is 11.7. The van der Waals surface area contributed by atoms with Gasteiger partial charge >= 0.3 is 0 Å². The van der Waals surface area contributed by atoms with Gasteiger partial charge in [0.1, 0.15) is 5.82 Å². The summed E-state index contributed by atoms with van der Waals surface area (Å²) in [6.45, 7) is 3.07. The second-order valence-corrected chi connectivity index (χ2v) is 5.33. The van der Waals surface area contributed by atoms with E-state index in [-0.39, 0.29) is 5.82 Å². The van der Waals surface area contributed by atoms with Gasteiger partial charge in [0.15, 0.2) is 0 Å². The Bertz CT molecular complexity index is 553. The molecule has 2 N–H and O–H groups in total. The van der Waals surface area contributed by atoms with Crippen LogP contribution in [0.25, 0.3) is 10.9 Å². The third-order valence-electron chi connectivity index (χ3n) is 3.80. The largest absolute Gasteiger partial charge is 0.359 e. The molecule has 0 radical (unpaired) electrons. The SMILES string of the molecule is Cc1cc2cc(F)c(CC3CCCCN3)cc2[nH]1. The molecule has 2 nitrogen and oxygen atoms in total. The molecule has 18 heavy (non-hydrogen) atoms. The molecule has 1 fully saturated rings. The summed E-state index contributed by atoms with van der Waals surface area (Å²) in [5.41, 5.74) is 2.95. The first-order valence-electron chi connectivity index (χ1n) is 6.73. The standard InChI is InChI=1S/C15H19FN2/c1-10-6-12-8-14(16)11(9-15(12)18-10)7-13-4-2-3-5-17-13/h6,8-9,13,17-18H,2-5,7H2,1H3. The molecular weight excluding hydrogens is 227 g/mol. The van der Waals surface area contributed by atoms with Crippen LogP contribution in [0.1, 0.15) is 30.5 Å². The molecule has 1 unspecified atom stereocenters. The molecular formula is C15H19FN2. The molecule has 1 aromatic carbocycles. The molecule has 3 rings (SSSR count). The summed E-state index contributed by atoms with van der Waals surface area (Å²) in [5, 5.41) is 4.43. The lowest BCUT2D eigenvalue weighted by Gasteiger charge is -2.23. The van der Waals surface area contributed by atoms with Gasteiger partial charge in [0, 0.05) is 22.6 Å². The number of hydrogen-bond donors (Lipinski definition) is 2. The van der Waals surface area contributed by atoms with E-state index in [1.165, 1.54) is 12.8 Å². The number of rotatable bonds is 2. The summed E-state index contributed by atoms with van der Waals surface area (Å²) in [7, 11) is 0. The summed E-state index contributed by atoms with van der Waals surface area (Å²) >= 11 is 0. The molecule has 2 aromatic rings. The molecule has 0 spiro atoms. The van der Waals surface area contributed by atoms with E-state index in [2.05, 4.69) is 10.3 Å². The quantitative estimate of drug-likeness (QED) is 0.836. The van der Waals surface area contributed by atoms with Crippen LogP contribution in [0, 0.1) is 12.7 Å². The fourth-order valence-electron chi connectivity index (χ4n) is 2.86. The van der Waals surface area contributed by atoms with Gasteiger partial charge in [-0.15, -0.1) is 0 Å². The minimum Gasteiger partial charge on any atom is -0.359 e. The average Bonchev–Trinajstić information content (AvgIpc) is 2.70. The first-order chi connectivity index (χ1) is 8.72. The highest BCUT2D eigenvalue weighted by Gasteiger charge is 2.16. The fraction of sp³-hybridized carbons (Fsp3) is 0.467. The topological polar surface area (TPSA) is 27.8 Å². The average molecular weight is 246 g/mol. The summed E-state index contributed by atoms with van der Waals surface area (Å²) in [5.74, 6) is -0.0751. The van der Waals surface area contributed by atoms with E-state index in [0.29, 0.717) is 6.04 Å². The van der Waals surface area contributed by atoms with Crippen molar-refractivity contribution < 1.29 is 4.39 Å². The lowest BCUT2D eigenvalue weighted by Crippen LogP contribution is -2.35. The molecule has 0 aliphatic carbocycles. The molecule has 1 aromatic heterocycles. The van der Waals surface area contributed by atoms with Crippen LogP contribution in [0.15, 0.2) is 18.2 Å². The minimum absolute atomic E-state index is 0.0751. The Kier molecular flexibility index (Phi) is 3.08. The van der Waals surface area contributed by atoms with Crippen molar-refractivity contribution in [2.45, 2.75) is 38.6 Å². The van der Waals surface area contributed by atoms with Crippen molar-refractivity contribution in [2.75, 3.05) is 6.54 Å². The van der Waals surface area contributed by atoms with Crippen LogP contribution >= 0.6 is 0 Å². The second kappa shape index (κ2) is 4.73. The molecule has 0 bridgehead atoms. The summed E-state index contributed by atoms with van der Waals surface area (Å²) in [6, 6.07) is 6.04. The van der Waals surface area contributed by atoms with E-state index in [1.54, 1.807) is 6.07 Å². The molecule has 0 saturated carbocycles. The van der Waals surface area contributed by atoms with Gasteiger partial charge in [-0.1, -0.05) is 6.42 Å². The summed E-state index contributed by atoms with van der Waals surface area (Å²) < 4.78 is 14.0. The molecule has 1 atom stereocenters. The predicted molar refractivity (Wildman–Crippen MR) is 72.3 cm³/mol. The van der Waals surface area contributed by atoms with Gasteiger partial charge in [-0.2, -0.15) is 0 Å². The summed E-state index contributed by atoms with van der Waals surface area (Å²) in [6.07, 6.45) is 4.44. The first-order valence-corrected chi connectivity index (χ1v) is 6.73. The van der Waals surface area contributed by atoms with Gasteiger partial charge in [0.05, 0.1) is 0 Å². The molecule has 1 saturated heterocycles. The maximum Gasteiger partial charge on any atom is 0.127 e. The second-order valence-electron chi connectivity index (χ2n) is 5.33. The number of halogens is 1. The number of piperidine rings is 1. The number of fused-ring (bicyclic) bond motifs is 1. The molecule has 1 aliphatic rings. The zero-order chi connectivity index (χ0) is 12.5. The van der Waals surface area contributed by atoms with Crippen molar-refractivity contribution in [1.29, 1.82) is 0 Å². The van der Waals surface area contributed by atoms with Crippen LogP contribution in [0.3, 0.4) is 0 Å². The molecule has 2 heterocycles. The minimum atomic E-state index is -0.0751. The molecule has 0 amide bonds. The van der Waals surface area contributed by atoms with Crippen LogP contribution < -0.4 is 5.32 Å². The van der Waals surface area contributed by atoms with Crippen LogP contribution in [0.4, 0.5) is 4.39 Å². The maximum absolute atomic E-state index is 14.0. The monoisotopic (exact) mass is 246 g/mol. The zero-order valence-electron chi connectivity index (χ0n) is 10.7. The smallest absolute Gasteiger partial charge is 0.127 e. The van der Waals surface area contributed by atoms with E-state index < -0.39 is 0 Å². The highest BCUT2D eigenvalue weighted by Crippen LogP contribution is 2.22. The molecule has 3 heteroatoms. The third kappa shape index (κ3) is 2.27. The zero-order valence-corrected chi connectivity index (χ0v) is 10.7. The van der Waals surface area contributed by atoms with Gasteiger partial charge < -0.3 is 10.3 Å². The van der Waals surface area contributed by atoms with E-state index in [9.17, 15) is 4.39 Å². The van der Waals surface area contributed by atoms with Gasteiger partial charge in [-0.05, 0) is 56.5 Å². The fourth-order valence-corrected chi connectivity index (χ4v) is 2.86. The molecule has 1 aliphatic heterocycles. The highest BCUT2D eigenvalue weighted by atomic mass is 19.1. The van der Waals surface area contributed by atoms with Crippen LogP contribution in [-0.2, 0) is 6.42 Å². The van der Waals surface area contributed by atoms with Gasteiger partial charge in [0.2, 0.25) is 0 Å². The van der Waals surface area contributed by atoms with Crippen molar-refractivity contribution in [1.82, 2.24) is 10.3 Å². The number of nitrogens with one attached hydrogen (secondary N) is 2. The Hall–Kier alpha value is -1.35.